The predicted molar refractivity (Wildman–Crippen MR) is 75.3 cm³/mol. The molecule has 102 valence electrons. The summed E-state index contributed by atoms with van der Waals surface area (Å²) in [5.74, 6) is 0.376. The van der Waals surface area contributed by atoms with Crippen LogP contribution in [0.25, 0.3) is 11.0 Å². The SMILES string of the molecule is COc1ccc2ccn(S(=O)(=O)c3ccccc3)c2n1. The van der Waals surface area contributed by atoms with Crippen LogP contribution in [-0.4, -0.2) is 24.5 Å². The average Bonchev–Trinajstić information content (AvgIpc) is 2.91. The summed E-state index contributed by atoms with van der Waals surface area (Å²) < 4.78 is 31.4. The van der Waals surface area contributed by atoms with Crippen molar-refractivity contribution in [1.82, 2.24) is 8.96 Å². The van der Waals surface area contributed by atoms with Gasteiger partial charge in [0, 0.05) is 17.6 Å². The largest absolute Gasteiger partial charge is 0.481 e. The van der Waals surface area contributed by atoms with Crippen molar-refractivity contribution in [2.75, 3.05) is 7.11 Å². The van der Waals surface area contributed by atoms with Gasteiger partial charge in [-0.25, -0.2) is 12.4 Å². The molecule has 0 N–H and O–H groups in total. The third-order valence-electron chi connectivity index (χ3n) is 2.99. The summed E-state index contributed by atoms with van der Waals surface area (Å²) in [6.07, 6.45) is 1.50. The van der Waals surface area contributed by atoms with Crippen LogP contribution in [0.2, 0.25) is 0 Å². The lowest BCUT2D eigenvalue weighted by Crippen LogP contribution is -2.12. The Morgan fingerprint density at radius 1 is 1.05 bits per heavy atom. The average molecular weight is 288 g/mol. The first-order valence-electron chi connectivity index (χ1n) is 5.95. The molecule has 0 saturated heterocycles. The van der Waals surface area contributed by atoms with E-state index < -0.39 is 10.0 Å². The Labute approximate surface area is 116 Å². The van der Waals surface area contributed by atoms with Crippen LogP contribution in [0.1, 0.15) is 0 Å². The topological polar surface area (TPSA) is 61.2 Å². The highest BCUT2D eigenvalue weighted by molar-refractivity contribution is 7.90. The maximum absolute atomic E-state index is 12.6. The third-order valence-corrected chi connectivity index (χ3v) is 4.67. The van der Waals surface area contributed by atoms with Crippen LogP contribution in [0, 0.1) is 0 Å². The fourth-order valence-corrected chi connectivity index (χ4v) is 3.30. The summed E-state index contributed by atoms with van der Waals surface area (Å²) in [7, 11) is -2.16. The summed E-state index contributed by atoms with van der Waals surface area (Å²) in [5.41, 5.74) is 0.355. The molecule has 1 aromatic carbocycles. The van der Waals surface area contributed by atoms with E-state index in [2.05, 4.69) is 4.98 Å². The first-order valence-corrected chi connectivity index (χ1v) is 7.39. The molecule has 0 aliphatic heterocycles. The molecular formula is C14H12N2O3S. The molecule has 0 radical (unpaired) electrons. The van der Waals surface area contributed by atoms with Gasteiger partial charge in [0.05, 0.1) is 12.0 Å². The summed E-state index contributed by atoms with van der Waals surface area (Å²) >= 11 is 0. The van der Waals surface area contributed by atoms with E-state index in [-0.39, 0.29) is 4.90 Å². The molecule has 0 atom stereocenters. The first-order chi connectivity index (χ1) is 9.63. The Bertz CT molecular complexity index is 855. The van der Waals surface area contributed by atoms with E-state index in [1.54, 1.807) is 48.5 Å². The normalized spacial score (nSPS) is 11.7. The number of hydrogen-bond acceptors (Lipinski definition) is 4. The van der Waals surface area contributed by atoms with Crippen molar-refractivity contribution in [3.63, 3.8) is 0 Å². The number of fused-ring (bicyclic) bond motifs is 1. The Balaban J connectivity index is 2.24. The minimum absolute atomic E-state index is 0.224. The zero-order valence-electron chi connectivity index (χ0n) is 10.7. The van der Waals surface area contributed by atoms with Crippen molar-refractivity contribution in [2.24, 2.45) is 0 Å². The zero-order chi connectivity index (χ0) is 14.2. The Morgan fingerprint density at radius 3 is 2.50 bits per heavy atom. The van der Waals surface area contributed by atoms with Crippen molar-refractivity contribution in [1.29, 1.82) is 0 Å². The fourth-order valence-electron chi connectivity index (χ4n) is 1.98. The molecule has 3 rings (SSSR count). The highest BCUT2D eigenvalue weighted by Gasteiger charge is 2.19. The quantitative estimate of drug-likeness (QED) is 0.742. The second kappa shape index (κ2) is 4.64. The highest BCUT2D eigenvalue weighted by atomic mass is 32.2. The van der Waals surface area contributed by atoms with E-state index in [0.717, 1.165) is 5.39 Å². The molecule has 2 aromatic heterocycles. The lowest BCUT2D eigenvalue weighted by molar-refractivity contribution is 0.399. The zero-order valence-corrected chi connectivity index (χ0v) is 11.5. The summed E-state index contributed by atoms with van der Waals surface area (Å²) in [6, 6.07) is 13.4. The van der Waals surface area contributed by atoms with Gasteiger partial charge in [-0.15, -0.1) is 0 Å². The number of rotatable bonds is 3. The molecular weight excluding hydrogens is 276 g/mol. The van der Waals surface area contributed by atoms with Gasteiger partial charge in [0.2, 0.25) is 5.88 Å². The fraction of sp³-hybridized carbons (Fsp3) is 0.0714. The van der Waals surface area contributed by atoms with Gasteiger partial charge in [0.1, 0.15) is 0 Å². The van der Waals surface area contributed by atoms with Crippen LogP contribution in [0.3, 0.4) is 0 Å². The molecule has 2 heterocycles. The van der Waals surface area contributed by atoms with Crippen molar-refractivity contribution < 1.29 is 13.2 Å². The monoisotopic (exact) mass is 288 g/mol. The van der Waals surface area contributed by atoms with E-state index in [4.69, 9.17) is 4.74 Å². The second-order valence-electron chi connectivity index (χ2n) is 4.20. The van der Waals surface area contributed by atoms with E-state index in [1.807, 2.05) is 0 Å². The maximum atomic E-state index is 12.6. The molecule has 0 bridgehead atoms. The van der Waals surface area contributed by atoms with Crippen molar-refractivity contribution >= 4 is 21.1 Å². The Kier molecular flexibility index (Phi) is 2.94. The third kappa shape index (κ3) is 1.94. The summed E-state index contributed by atoms with van der Waals surface area (Å²) in [6.45, 7) is 0. The molecule has 0 amide bonds. The van der Waals surface area contributed by atoms with Gasteiger partial charge in [-0.1, -0.05) is 18.2 Å². The minimum Gasteiger partial charge on any atom is -0.481 e. The summed E-state index contributed by atoms with van der Waals surface area (Å²) in [5, 5.41) is 0.741. The summed E-state index contributed by atoms with van der Waals surface area (Å²) in [4.78, 5) is 4.43. The number of methoxy groups -OCH3 is 1. The van der Waals surface area contributed by atoms with Gasteiger partial charge >= 0.3 is 0 Å². The second-order valence-corrected chi connectivity index (χ2v) is 6.01. The van der Waals surface area contributed by atoms with Crippen LogP contribution in [-0.2, 0) is 10.0 Å². The van der Waals surface area contributed by atoms with E-state index in [0.29, 0.717) is 11.5 Å². The van der Waals surface area contributed by atoms with E-state index >= 15 is 0 Å². The van der Waals surface area contributed by atoms with Crippen LogP contribution < -0.4 is 4.74 Å². The Hall–Kier alpha value is -2.34. The Morgan fingerprint density at radius 2 is 1.80 bits per heavy atom. The highest BCUT2D eigenvalue weighted by Crippen LogP contribution is 2.22. The van der Waals surface area contributed by atoms with Gasteiger partial charge in [0.15, 0.2) is 5.65 Å². The molecule has 0 saturated carbocycles. The van der Waals surface area contributed by atoms with Gasteiger partial charge in [-0.3, -0.25) is 0 Å². The number of aromatic nitrogens is 2. The van der Waals surface area contributed by atoms with Gasteiger partial charge in [0.25, 0.3) is 10.0 Å². The molecule has 3 aromatic rings. The molecule has 0 unspecified atom stereocenters. The number of nitrogens with zero attached hydrogens (tertiary/aromatic N) is 2. The smallest absolute Gasteiger partial charge is 0.269 e. The number of benzene rings is 1. The standard InChI is InChI=1S/C14H12N2O3S/c1-19-13-8-7-11-9-10-16(14(11)15-13)20(17,18)12-5-3-2-4-6-12/h2-10H,1H3. The predicted octanol–water partition coefficient (Wildman–Crippen LogP) is 2.28. The molecule has 0 spiro atoms. The van der Waals surface area contributed by atoms with E-state index in [1.165, 1.54) is 17.3 Å². The van der Waals surface area contributed by atoms with Crippen molar-refractivity contribution in [2.45, 2.75) is 4.90 Å². The van der Waals surface area contributed by atoms with Crippen LogP contribution in [0.5, 0.6) is 5.88 Å². The van der Waals surface area contributed by atoms with Crippen LogP contribution >= 0.6 is 0 Å². The van der Waals surface area contributed by atoms with Crippen LogP contribution in [0.15, 0.2) is 59.6 Å². The molecule has 20 heavy (non-hydrogen) atoms. The van der Waals surface area contributed by atoms with Gasteiger partial charge < -0.3 is 4.74 Å². The molecule has 0 aliphatic carbocycles. The van der Waals surface area contributed by atoms with Gasteiger partial charge in [-0.05, 0) is 24.3 Å². The van der Waals surface area contributed by atoms with Crippen molar-refractivity contribution in [3.05, 3.63) is 54.7 Å². The van der Waals surface area contributed by atoms with E-state index in [9.17, 15) is 8.42 Å². The molecule has 0 fully saturated rings. The maximum Gasteiger partial charge on any atom is 0.269 e. The van der Waals surface area contributed by atoms with Crippen molar-refractivity contribution in [3.8, 4) is 5.88 Å². The van der Waals surface area contributed by atoms with Crippen LogP contribution in [0.4, 0.5) is 0 Å². The number of ether oxygens (including phenoxy) is 1. The number of pyridine rings is 1. The number of hydrogen-bond donors (Lipinski definition) is 0. The lowest BCUT2D eigenvalue weighted by Gasteiger charge is -2.07. The molecule has 0 aliphatic rings. The first kappa shape index (κ1) is 12.7. The van der Waals surface area contributed by atoms with Gasteiger partial charge in [-0.2, -0.15) is 4.98 Å². The lowest BCUT2D eigenvalue weighted by atomic mass is 10.3. The minimum atomic E-state index is -3.65. The molecule has 5 nitrogen and oxygen atoms in total. The molecule has 6 heteroatoms.